The predicted octanol–water partition coefficient (Wildman–Crippen LogP) is 3.31. The van der Waals surface area contributed by atoms with Crippen LogP contribution >= 0.6 is 0 Å². The molecule has 2 aromatic rings. The number of rotatable bonds is 2. The molecule has 4 rings (SSSR count). The number of hydrogen-bond donors (Lipinski definition) is 1. The van der Waals surface area contributed by atoms with Gasteiger partial charge in [-0.2, -0.15) is 0 Å². The Bertz CT molecular complexity index is 788. The average Bonchev–Trinajstić information content (AvgIpc) is 3.04. The number of carbonyl (C=O) groups excluding carboxylic acids is 1. The van der Waals surface area contributed by atoms with Crippen LogP contribution in [0.5, 0.6) is 0 Å². The van der Waals surface area contributed by atoms with Crippen LogP contribution in [0.25, 0.3) is 0 Å². The van der Waals surface area contributed by atoms with Crippen molar-refractivity contribution in [3.63, 3.8) is 0 Å². The second-order valence-corrected chi connectivity index (χ2v) is 6.28. The van der Waals surface area contributed by atoms with Crippen molar-refractivity contribution < 1.29 is 9.53 Å². The van der Waals surface area contributed by atoms with Crippen molar-refractivity contribution in [3.8, 4) is 0 Å². The van der Waals surface area contributed by atoms with Crippen LogP contribution in [0.15, 0.2) is 30.5 Å². The van der Waals surface area contributed by atoms with Gasteiger partial charge in [0.25, 0.3) is 0 Å². The molecule has 3 heterocycles. The lowest BCUT2D eigenvalue weighted by Gasteiger charge is -2.20. The van der Waals surface area contributed by atoms with Gasteiger partial charge in [0.1, 0.15) is 0 Å². The summed E-state index contributed by atoms with van der Waals surface area (Å²) < 4.78 is 5.46. The molecule has 124 valence electrons. The van der Waals surface area contributed by atoms with Crippen LogP contribution in [-0.2, 0) is 30.6 Å². The van der Waals surface area contributed by atoms with Gasteiger partial charge in [0.15, 0.2) is 0 Å². The Labute approximate surface area is 141 Å². The first-order chi connectivity index (χ1) is 11.7. The zero-order valence-corrected chi connectivity index (χ0v) is 13.8. The van der Waals surface area contributed by atoms with Crippen LogP contribution < -0.4 is 10.2 Å². The number of benzene rings is 1. The minimum Gasteiger partial charge on any atom is -0.376 e. The fraction of sp³-hybridized carbons (Fsp3) is 0.368. The monoisotopic (exact) mass is 323 g/mol. The van der Waals surface area contributed by atoms with E-state index in [1.165, 1.54) is 11.1 Å². The highest BCUT2D eigenvalue weighted by Crippen LogP contribution is 2.30. The van der Waals surface area contributed by atoms with Crippen LogP contribution in [0.4, 0.5) is 16.2 Å². The number of urea groups is 1. The number of aryl methyl sites for hydroxylation is 1. The van der Waals surface area contributed by atoms with Crippen LogP contribution in [0.3, 0.4) is 0 Å². The second kappa shape index (κ2) is 6.24. The van der Waals surface area contributed by atoms with E-state index in [-0.39, 0.29) is 6.03 Å². The van der Waals surface area contributed by atoms with Gasteiger partial charge in [0, 0.05) is 29.9 Å². The molecule has 0 saturated carbocycles. The molecule has 0 radical (unpaired) electrons. The van der Waals surface area contributed by atoms with Crippen molar-refractivity contribution >= 4 is 17.4 Å². The SMILES string of the molecule is CCc1ccc2c(c1)CCN2C(=O)Nc1cnc2c(c1)COCC2. The van der Waals surface area contributed by atoms with E-state index in [0.29, 0.717) is 6.61 Å². The Morgan fingerprint density at radius 3 is 3.08 bits per heavy atom. The van der Waals surface area contributed by atoms with E-state index in [2.05, 4.69) is 35.4 Å². The molecule has 0 atom stereocenters. The molecule has 2 amide bonds. The molecule has 1 N–H and O–H groups in total. The van der Waals surface area contributed by atoms with E-state index in [1.807, 2.05) is 11.0 Å². The molecule has 1 aromatic carbocycles. The van der Waals surface area contributed by atoms with Crippen LogP contribution in [0, 0.1) is 0 Å². The summed E-state index contributed by atoms with van der Waals surface area (Å²) in [6, 6.07) is 8.23. The number of nitrogens with one attached hydrogen (secondary N) is 1. The number of ether oxygens (including phenoxy) is 1. The third-order valence-electron chi connectivity index (χ3n) is 4.74. The van der Waals surface area contributed by atoms with Gasteiger partial charge in [-0.15, -0.1) is 0 Å². The summed E-state index contributed by atoms with van der Waals surface area (Å²) in [6.45, 7) is 4.15. The molecule has 0 unspecified atom stereocenters. The summed E-state index contributed by atoms with van der Waals surface area (Å²) in [5.41, 5.74) is 6.43. The number of anilines is 2. The Kier molecular flexibility index (Phi) is 3.94. The molecular weight excluding hydrogens is 302 g/mol. The Balaban J connectivity index is 1.52. The maximum Gasteiger partial charge on any atom is 0.326 e. The standard InChI is InChI=1S/C19H21N3O2/c1-2-13-3-4-18-14(9-13)5-7-22(18)19(23)21-16-10-15-12-24-8-6-17(15)20-11-16/h3-4,9-11H,2,5-8,12H2,1H3,(H,21,23). The topological polar surface area (TPSA) is 54.5 Å². The second-order valence-electron chi connectivity index (χ2n) is 6.28. The third-order valence-corrected chi connectivity index (χ3v) is 4.74. The Hall–Kier alpha value is -2.40. The number of carbonyl (C=O) groups is 1. The van der Waals surface area contributed by atoms with Crippen molar-refractivity contribution in [1.29, 1.82) is 0 Å². The van der Waals surface area contributed by atoms with E-state index in [1.54, 1.807) is 6.20 Å². The summed E-state index contributed by atoms with van der Waals surface area (Å²) in [5, 5.41) is 2.97. The lowest BCUT2D eigenvalue weighted by molar-refractivity contribution is 0.109. The van der Waals surface area contributed by atoms with Gasteiger partial charge < -0.3 is 10.1 Å². The average molecular weight is 323 g/mol. The molecule has 1 aromatic heterocycles. The van der Waals surface area contributed by atoms with Gasteiger partial charge in [-0.3, -0.25) is 9.88 Å². The molecule has 24 heavy (non-hydrogen) atoms. The quantitative estimate of drug-likeness (QED) is 0.922. The molecule has 0 bridgehead atoms. The zero-order chi connectivity index (χ0) is 16.5. The van der Waals surface area contributed by atoms with E-state index in [0.717, 1.165) is 55.0 Å². The number of aromatic nitrogens is 1. The van der Waals surface area contributed by atoms with Gasteiger partial charge in [-0.1, -0.05) is 19.1 Å². The maximum atomic E-state index is 12.7. The number of fused-ring (bicyclic) bond motifs is 2. The lowest BCUT2D eigenvalue weighted by atomic mass is 10.1. The van der Waals surface area contributed by atoms with E-state index in [9.17, 15) is 4.79 Å². The molecule has 0 saturated heterocycles. The predicted molar refractivity (Wildman–Crippen MR) is 93.5 cm³/mol. The third kappa shape index (κ3) is 2.76. The van der Waals surface area contributed by atoms with Gasteiger partial charge in [-0.05, 0) is 36.1 Å². The smallest absolute Gasteiger partial charge is 0.326 e. The molecule has 0 fully saturated rings. The van der Waals surface area contributed by atoms with Crippen LogP contribution in [0.1, 0.15) is 29.3 Å². The van der Waals surface area contributed by atoms with E-state index in [4.69, 9.17) is 4.74 Å². The van der Waals surface area contributed by atoms with Crippen molar-refractivity contribution in [2.24, 2.45) is 0 Å². The first kappa shape index (κ1) is 15.1. The van der Waals surface area contributed by atoms with Crippen molar-refractivity contribution in [2.75, 3.05) is 23.4 Å². The summed E-state index contributed by atoms with van der Waals surface area (Å²) >= 11 is 0. The Morgan fingerprint density at radius 1 is 1.29 bits per heavy atom. The molecule has 0 spiro atoms. The van der Waals surface area contributed by atoms with E-state index < -0.39 is 0 Å². The fourth-order valence-electron chi connectivity index (χ4n) is 3.38. The highest BCUT2D eigenvalue weighted by atomic mass is 16.5. The largest absolute Gasteiger partial charge is 0.376 e. The lowest BCUT2D eigenvalue weighted by Crippen LogP contribution is -2.33. The summed E-state index contributed by atoms with van der Waals surface area (Å²) in [6.07, 6.45) is 4.50. The number of hydrogen-bond acceptors (Lipinski definition) is 3. The summed E-state index contributed by atoms with van der Waals surface area (Å²) in [5.74, 6) is 0. The summed E-state index contributed by atoms with van der Waals surface area (Å²) in [4.78, 5) is 18.9. The highest BCUT2D eigenvalue weighted by molar-refractivity contribution is 6.03. The summed E-state index contributed by atoms with van der Waals surface area (Å²) in [7, 11) is 0. The van der Waals surface area contributed by atoms with Crippen LogP contribution in [-0.4, -0.2) is 24.2 Å². The van der Waals surface area contributed by atoms with Crippen molar-refractivity contribution in [3.05, 3.63) is 52.8 Å². The van der Waals surface area contributed by atoms with Crippen LogP contribution in [0.2, 0.25) is 0 Å². The number of nitrogens with zero attached hydrogens (tertiary/aromatic N) is 2. The zero-order valence-electron chi connectivity index (χ0n) is 13.8. The van der Waals surface area contributed by atoms with Gasteiger partial charge >= 0.3 is 6.03 Å². The molecule has 2 aliphatic rings. The van der Waals surface area contributed by atoms with Gasteiger partial charge in [0.2, 0.25) is 0 Å². The first-order valence-corrected chi connectivity index (χ1v) is 8.50. The van der Waals surface area contributed by atoms with Crippen molar-refractivity contribution in [2.45, 2.75) is 32.8 Å². The maximum absolute atomic E-state index is 12.7. The van der Waals surface area contributed by atoms with Gasteiger partial charge in [-0.25, -0.2) is 4.79 Å². The molecule has 5 nitrogen and oxygen atoms in total. The minimum absolute atomic E-state index is 0.100. The normalized spacial score (nSPS) is 15.8. The minimum atomic E-state index is -0.100. The first-order valence-electron chi connectivity index (χ1n) is 8.50. The van der Waals surface area contributed by atoms with E-state index >= 15 is 0 Å². The molecule has 0 aliphatic carbocycles. The van der Waals surface area contributed by atoms with Crippen molar-refractivity contribution in [1.82, 2.24) is 4.98 Å². The fourth-order valence-corrected chi connectivity index (χ4v) is 3.38. The molecular formula is C19H21N3O2. The van der Waals surface area contributed by atoms with Gasteiger partial charge in [0.05, 0.1) is 25.1 Å². The number of amides is 2. The number of pyridine rings is 1. The Morgan fingerprint density at radius 2 is 2.21 bits per heavy atom. The molecule has 5 heteroatoms. The highest BCUT2D eigenvalue weighted by Gasteiger charge is 2.25. The molecule has 2 aliphatic heterocycles.